The highest BCUT2D eigenvalue weighted by molar-refractivity contribution is 5.74. The van der Waals surface area contributed by atoms with Crippen molar-refractivity contribution in [1.29, 1.82) is 0 Å². The number of hydrogen-bond donors (Lipinski definition) is 4. The van der Waals surface area contributed by atoms with Gasteiger partial charge in [-0.1, -0.05) is 27.7 Å². The van der Waals surface area contributed by atoms with Crippen LogP contribution in [0.3, 0.4) is 0 Å². The number of carboxylic acid groups (broad SMARTS) is 4. The summed E-state index contributed by atoms with van der Waals surface area (Å²) in [4.78, 5) is 95.1. The van der Waals surface area contributed by atoms with Crippen molar-refractivity contribution in [2.75, 3.05) is 26.4 Å². The number of carbonyl (C=O) groups excluding carboxylic acids is 4. The van der Waals surface area contributed by atoms with Gasteiger partial charge in [-0.3, -0.25) is 38.4 Å². The zero-order chi connectivity index (χ0) is 37.6. The minimum Gasteiger partial charge on any atom is -0.481 e. The minimum atomic E-state index is -1.63. The van der Waals surface area contributed by atoms with Crippen molar-refractivity contribution in [3.63, 3.8) is 0 Å². The number of esters is 4. The van der Waals surface area contributed by atoms with Crippen LogP contribution >= 0.6 is 0 Å². The fourth-order valence-electron chi connectivity index (χ4n) is 4.43. The van der Waals surface area contributed by atoms with E-state index in [-0.39, 0.29) is 77.0 Å². The molecule has 0 saturated heterocycles. The van der Waals surface area contributed by atoms with Crippen LogP contribution in [-0.4, -0.2) is 94.6 Å². The van der Waals surface area contributed by atoms with E-state index in [1.54, 1.807) is 0 Å². The lowest BCUT2D eigenvalue weighted by atomic mass is 9.91. The van der Waals surface area contributed by atoms with Crippen molar-refractivity contribution in [2.45, 2.75) is 105 Å². The van der Waals surface area contributed by atoms with Crippen LogP contribution in [0.25, 0.3) is 0 Å². The highest BCUT2D eigenvalue weighted by atomic mass is 16.6. The predicted molar refractivity (Wildman–Crippen MR) is 169 cm³/mol. The Kier molecular flexibility index (Phi) is 21.9. The van der Waals surface area contributed by atoms with Gasteiger partial charge in [0.25, 0.3) is 0 Å². The molecule has 16 nitrogen and oxygen atoms in total. The number of ether oxygens (including phenoxy) is 4. The smallest absolute Gasteiger partial charge is 0.308 e. The van der Waals surface area contributed by atoms with Gasteiger partial charge in [-0.05, 0) is 51.4 Å². The number of hydrogen-bond acceptors (Lipinski definition) is 12. The monoisotopic (exact) mass is 704 g/mol. The van der Waals surface area contributed by atoms with E-state index in [2.05, 4.69) is 0 Å². The third-order valence-electron chi connectivity index (χ3n) is 7.80. The maximum absolute atomic E-state index is 12.9. The SMILES string of the molecule is CC(CCCC(=O)O)C(=O)OCC(COC(=O)C(C)CCCC(=O)O)(COC(=O)C(C)CCCC(=O)O)COC(=O)C(C)CCCC(=O)O. The lowest BCUT2D eigenvalue weighted by molar-refractivity contribution is -0.176. The Morgan fingerprint density at radius 1 is 0.408 bits per heavy atom. The van der Waals surface area contributed by atoms with E-state index in [0.717, 1.165) is 0 Å². The van der Waals surface area contributed by atoms with Gasteiger partial charge in [0, 0.05) is 25.7 Å². The van der Waals surface area contributed by atoms with E-state index in [4.69, 9.17) is 39.4 Å². The molecular formula is C33H52O16. The van der Waals surface area contributed by atoms with Gasteiger partial charge >= 0.3 is 47.8 Å². The molecule has 16 heteroatoms. The predicted octanol–water partition coefficient (Wildman–Crippen LogP) is 3.71. The highest BCUT2D eigenvalue weighted by Crippen LogP contribution is 2.26. The molecule has 0 aliphatic rings. The van der Waals surface area contributed by atoms with Crippen LogP contribution in [0.15, 0.2) is 0 Å². The van der Waals surface area contributed by atoms with Crippen LogP contribution in [-0.2, 0) is 57.3 Å². The molecule has 0 aliphatic heterocycles. The molecule has 280 valence electrons. The summed E-state index contributed by atoms with van der Waals surface area (Å²) in [7, 11) is 0. The zero-order valence-electron chi connectivity index (χ0n) is 28.8. The summed E-state index contributed by atoms with van der Waals surface area (Å²) < 4.78 is 22.1. The van der Waals surface area contributed by atoms with E-state index < -0.39 is 103 Å². The molecule has 0 amide bonds. The first-order valence-electron chi connectivity index (χ1n) is 16.4. The maximum Gasteiger partial charge on any atom is 0.308 e. The molecule has 0 aromatic carbocycles. The molecule has 0 aromatic heterocycles. The van der Waals surface area contributed by atoms with Crippen LogP contribution < -0.4 is 0 Å². The molecule has 0 rings (SSSR count). The van der Waals surface area contributed by atoms with Gasteiger partial charge in [0.1, 0.15) is 31.8 Å². The van der Waals surface area contributed by atoms with E-state index in [0.29, 0.717) is 0 Å². The second-order valence-corrected chi connectivity index (χ2v) is 12.7. The summed E-state index contributed by atoms with van der Waals surface area (Å²) in [6.45, 7) is 3.89. The minimum absolute atomic E-state index is 0.163. The first kappa shape index (κ1) is 44.8. The summed E-state index contributed by atoms with van der Waals surface area (Å²) in [6, 6.07) is 0. The van der Waals surface area contributed by atoms with E-state index in [1.165, 1.54) is 27.7 Å². The molecule has 4 N–H and O–H groups in total. The first-order chi connectivity index (χ1) is 22.9. The van der Waals surface area contributed by atoms with Gasteiger partial charge in [-0.15, -0.1) is 0 Å². The molecule has 0 bridgehead atoms. The summed E-state index contributed by atoms with van der Waals surface area (Å²) in [5.74, 6) is -9.99. The molecule has 4 atom stereocenters. The molecule has 49 heavy (non-hydrogen) atoms. The quantitative estimate of drug-likeness (QED) is 0.0668. The molecule has 0 aromatic rings. The Hall–Kier alpha value is -4.24. The fourth-order valence-corrected chi connectivity index (χ4v) is 4.43. The van der Waals surface area contributed by atoms with Gasteiger partial charge < -0.3 is 39.4 Å². The van der Waals surface area contributed by atoms with Gasteiger partial charge in [0.2, 0.25) is 0 Å². The molecule has 4 unspecified atom stereocenters. The number of rotatable bonds is 28. The van der Waals surface area contributed by atoms with Crippen molar-refractivity contribution < 1.29 is 77.7 Å². The van der Waals surface area contributed by atoms with Crippen molar-refractivity contribution in [2.24, 2.45) is 29.1 Å². The molecule has 0 spiro atoms. The normalized spacial score (nSPS) is 14.6. The molecule has 0 radical (unpaired) electrons. The lowest BCUT2D eigenvalue weighted by Gasteiger charge is -2.33. The van der Waals surface area contributed by atoms with Crippen molar-refractivity contribution in [3.05, 3.63) is 0 Å². The van der Waals surface area contributed by atoms with E-state index in [9.17, 15) is 38.4 Å². The van der Waals surface area contributed by atoms with Gasteiger partial charge in [-0.25, -0.2) is 0 Å². The Morgan fingerprint density at radius 3 is 0.755 bits per heavy atom. The zero-order valence-corrected chi connectivity index (χ0v) is 28.8. The first-order valence-corrected chi connectivity index (χ1v) is 16.4. The molecular weight excluding hydrogens is 652 g/mol. The summed E-state index contributed by atoms with van der Waals surface area (Å²) in [6.07, 6.45) is 0.885. The second kappa shape index (κ2) is 24.0. The summed E-state index contributed by atoms with van der Waals surface area (Å²) >= 11 is 0. The van der Waals surface area contributed by atoms with E-state index in [1.807, 2.05) is 0 Å². The molecule has 0 aliphatic carbocycles. The van der Waals surface area contributed by atoms with Crippen LogP contribution in [0, 0.1) is 29.1 Å². The number of aliphatic carboxylic acids is 4. The maximum atomic E-state index is 12.9. The molecule has 0 saturated carbocycles. The lowest BCUT2D eigenvalue weighted by Crippen LogP contribution is -2.45. The van der Waals surface area contributed by atoms with Crippen molar-refractivity contribution >= 4 is 47.8 Å². The topological polar surface area (TPSA) is 254 Å². The van der Waals surface area contributed by atoms with Crippen LogP contribution in [0.2, 0.25) is 0 Å². The molecule has 0 heterocycles. The Morgan fingerprint density at radius 2 is 0.592 bits per heavy atom. The average molecular weight is 705 g/mol. The summed E-state index contributed by atoms with van der Waals surface area (Å²) in [5, 5.41) is 35.6. The second-order valence-electron chi connectivity index (χ2n) is 12.7. The average Bonchev–Trinajstić information content (AvgIpc) is 3.02. The van der Waals surface area contributed by atoms with Crippen LogP contribution in [0.5, 0.6) is 0 Å². The third-order valence-corrected chi connectivity index (χ3v) is 7.80. The van der Waals surface area contributed by atoms with Crippen molar-refractivity contribution in [1.82, 2.24) is 0 Å². The Balaban J connectivity index is 6.12. The third kappa shape index (κ3) is 21.4. The summed E-state index contributed by atoms with van der Waals surface area (Å²) in [5.41, 5.74) is -1.63. The van der Waals surface area contributed by atoms with Crippen LogP contribution in [0.1, 0.15) is 105 Å². The fraction of sp³-hybridized carbons (Fsp3) is 0.758. The van der Waals surface area contributed by atoms with Gasteiger partial charge in [0.05, 0.1) is 23.7 Å². The van der Waals surface area contributed by atoms with Crippen molar-refractivity contribution in [3.8, 4) is 0 Å². The highest BCUT2D eigenvalue weighted by Gasteiger charge is 2.39. The number of carbonyl (C=O) groups is 8. The Bertz CT molecular complexity index is 942. The standard InChI is InChI=1S/C33H52O16/c1-21(9-5-13-25(34)35)29(42)46-17-33(18-47-30(43)22(2)10-6-14-26(36)37,19-48-31(44)23(3)11-7-15-27(38)39)20-49-32(45)24(4)12-8-16-28(40)41/h21-24H,5-20H2,1-4H3,(H,34,35)(H,36,37)(H,38,39)(H,40,41). The number of carboxylic acids is 4. The van der Waals surface area contributed by atoms with E-state index >= 15 is 0 Å². The van der Waals surface area contributed by atoms with Gasteiger partial charge in [0.15, 0.2) is 0 Å². The van der Waals surface area contributed by atoms with Crippen LogP contribution in [0.4, 0.5) is 0 Å². The van der Waals surface area contributed by atoms with Gasteiger partial charge in [-0.2, -0.15) is 0 Å². The Labute approximate surface area is 285 Å². The molecule has 0 fully saturated rings. The largest absolute Gasteiger partial charge is 0.481 e.